The molecule has 0 fully saturated rings. The van der Waals surface area contributed by atoms with Gasteiger partial charge in [0.25, 0.3) is 5.91 Å². The molecule has 2 heterocycles. The van der Waals surface area contributed by atoms with E-state index in [0.717, 1.165) is 33.8 Å². The molecule has 1 amide bonds. The number of nitrogens with two attached hydrogens (primary N) is 1. The number of nitrogens with one attached hydrogen (secondary N) is 1. The lowest BCUT2D eigenvalue weighted by molar-refractivity contribution is 0.0596. The fraction of sp³-hybridized carbons (Fsp3) is 0.250. The van der Waals surface area contributed by atoms with Crippen molar-refractivity contribution in [3.63, 3.8) is 0 Å². The number of carbonyl (C=O) groups excluding carboxylic acids is 3. The summed E-state index contributed by atoms with van der Waals surface area (Å²) in [5, 5.41) is 30.0. The fourth-order valence-electron chi connectivity index (χ4n) is 3.73. The Bertz CT molecular complexity index is 1640. The molecule has 0 saturated heterocycles. The topological polar surface area (TPSA) is 185 Å². The van der Waals surface area contributed by atoms with Gasteiger partial charge in [0.1, 0.15) is 26.1 Å². The van der Waals surface area contributed by atoms with E-state index in [-0.39, 0.29) is 34.4 Å². The average Bonchev–Trinajstić information content (AvgIpc) is 3.59. The summed E-state index contributed by atoms with van der Waals surface area (Å²) in [5.41, 5.74) is 8.68. The molecule has 240 valence electrons. The molecule has 45 heavy (non-hydrogen) atoms. The van der Waals surface area contributed by atoms with Gasteiger partial charge < -0.3 is 35.8 Å². The highest BCUT2D eigenvalue weighted by atomic mass is 32.1. The zero-order chi connectivity index (χ0) is 33.8. The Hall–Kier alpha value is -4.72. The summed E-state index contributed by atoms with van der Waals surface area (Å²) in [5.74, 6) is -1.80. The lowest BCUT2D eigenvalue weighted by atomic mass is 10.1. The van der Waals surface area contributed by atoms with Crippen molar-refractivity contribution in [3.8, 4) is 11.5 Å². The van der Waals surface area contributed by atoms with Crippen LogP contribution in [0, 0.1) is 13.8 Å². The van der Waals surface area contributed by atoms with E-state index in [0.29, 0.717) is 25.8 Å². The van der Waals surface area contributed by atoms with Crippen LogP contribution in [0.5, 0.6) is 11.5 Å². The van der Waals surface area contributed by atoms with Gasteiger partial charge in [0.15, 0.2) is 0 Å². The van der Waals surface area contributed by atoms with Crippen molar-refractivity contribution >= 4 is 46.5 Å². The van der Waals surface area contributed by atoms with Crippen molar-refractivity contribution < 1.29 is 44.0 Å². The molecule has 13 heteroatoms. The second-order valence-corrected chi connectivity index (χ2v) is 11.8. The maximum Gasteiger partial charge on any atom is 0.348 e. The minimum atomic E-state index is -1.02. The maximum absolute atomic E-state index is 12.3. The number of benzene rings is 2. The fourth-order valence-corrected chi connectivity index (χ4v) is 5.65. The molecule has 2 atom stereocenters. The number of carboxylic acid groups (broad SMARTS) is 1. The first kappa shape index (κ1) is 36.5. The van der Waals surface area contributed by atoms with E-state index >= 15 is 0 Å². The number of phenolic OH excluding ortho intramolecular Hbond substituents is 2. The molecule has 0 aliphatic rings. The van der Waals surface area contributed by atoms with E-state index in [4.69, 9.17) is 15.9 Å². The lowest BCUT2D eigenvalue weighted by Gasteiger charge is -2.13. The summed E-state index contributed by atoms with van der Waals surface area (Å²) >= 11 is 2.03. The predicted molar refractivity (Wildman–Crippen MR) is 172 cm³/mol. The normalized spacial score (nSPS) is 11.4. The van der Waals surface area contributed by atoms with Crippen LogP contribution in [0.1, 0.15) is 86.9 Å². The van der Waals surface area contributed by atoms with Gasteiger partial charge in [0.2, 0.25) is 0 Å². The van der Waals surface area contributed by atoms with Gasteiger partial charge in [-0.15, -0.1) is 22.7 Å². The number of thiophene rings is 2. The van der Waals surface area contributed by atoms with Crippen LogP contribution in [-0.4, -0.2) is 53.4 Å². The number of hydrogen-bond donors (Lipinski definition) is 5. The monoisotopic (exact) mass is 656 g/mol. The number of ether oxygens (including phenoxy) is 2. The number of carbonyl (C=O) groups is 4. The quantitative estimate of drug-likeness (QED) is 0.148. The molecule has 0 spiro atoms. The number of esters is 2. The van der Waals surface area contributed by atoms with Gasteiger partial charge in [0.05, 0.1) is 25.1 Å². The number of aromatic carboxylic acids is 1. The zero-order valence-electron chi connectivity index (χ0n) is 25.6. The molecule has 2 aromatic heterocycles. The molecule has 6 N–H and O–H groups in total. The van der Waals surface area contributed by atoms with E-state index in [1.807, 2.05) is 26.0 Å². The van der Waals surface area contributed by atoms with Crippen LogP contribution in [0.15, 0.2) is 60.7 Å². The molecule has 11 nitrogen and oxygen atoms in total. The van der Waals surface area contributed by atoms with Gasteiger partial charge in [0, 0.05) is 6.04 Å². The van der Waals surface area contributed by atoms with Gasteiger partial charge in [-0.05, 0) is 86.3 Å². The second-order valence-electron chi connectivity index (χ2n) is 9.71. The number of aromatic hydroxyl groups is 2. The van der Waals surface area contributed by atoms with Crippen molar-refractivity contribution in [1.29, 1.82) is 0 Å². The van der Waals surface area contributed by atoms with Crippen LogP contribution in [0.2, 0.25) is 0 Å². The highest BCUT2D eigenvalue weighted by Crippen LogP contribution is 2.25. The molecular weight excluding hydrogens is 620 g/mol. The average molecular weight is 657 g/mol. The minimum Gasteiger partial charge on any atom is -0.508 e. The lowest BCUT2D eigenvalue weighted by Crippen LogP contribution is -2.25. The van der Waals surface area contributed by atoms with Crippen molar-refractivity contribution in [2.45, 2.75) is 39.8 Å². The number of amides is 1. The van der Waals surface area contributed by atoms with Crippen LogP contribution in [0.3, 0.4) is 0 Å². The number of phenols is 2. The predicted octanol–water partition coefficient (Wildman–Crippen LogP) is 5.99. The first-order valence-corrected chi connectivity index (χ1v) is 15.1. The van der Waals surface area contributed by atoms with Gasteiger partial charge in [-0.2, -0.15) is 0 Å². The number of carboxylic acids is 1. The number of aryl methyl sites for hydroxylation is 2. The molecule has 4 aromatic rings. The van der Waals surface area contributed by atoms with E-state index in [1.165, 1.54) is 20.3 Å². The molecule has 0 aliphatic heterocycles. The molecule has 2 aromatic carbocycles. The van der Waals surface area contributed by atoms with E-state index in [9.17, 15) is 24.3 Å². The van der Waals surface area contributed by atoms with Gasteiger partial charge in [-0.1, -0.05) is 24.3 Å². The largest absolute Gasteiger partial charge is 0.508 e. The minimum absolute atomic E-state index is 0.00731. The van der Waals surface area contributed by atoms with Gasteiger partial charge in [-0.25, -0.2) is 14.4 Å². The summed E-state index contributed by atoms with van der Waals surface area (Å²) in [7, 11) is 2.58. The first-order valence-electron chi connectivity index (χ1n) is 13.4. The Kier molecular flexibility index (Phi) is 13.7. The molecule has 0 radical (unpaired) electrons. The molecule has 2 unspecified atom stereocenters. The summed E-state index contributed by atoms with van der Waals surface area (Å²) in [4.78, 5) is 46.8. The van der Waals surface area contributed by atoms with Crippen LogP contribution in [0.4, 0.5) is 0 Å². The summed E-state index contributed by atoms with van der Waals surface area (Å²) in [6, 6.07) is 16.6. The molecule has 0 aliphatic carbocycles. The third-order valence-electron chi connectivity index (χ3n) is 6.13. The standard InChI is InChI=1S/C16H17NO4S.C8H11NO.C8H8O4S/c1-9-7-13(22-14(9)16(20)21-3)15(19)17-10(2)11-5-4-6-12(18)8-11;1-6(9)7-3-2-4-8(10)5-7;1-4-3-5(7(9)10)13-6(4)8(11)12-2/h4-8,10,18H,1-3H3,(H,17,19);2-6,10H,9H2,1H3;3H,1-2H3,(H,9,10). The van der Waals surface area contributed by atoms with Crippen molar-refractivity contribution in [1.82, 2.24) is 5.32 Å². The SMILES string of the molecule is CC(N)c1cccc(O)c1.COC(=O)c1sc(C(=O)NC(C)c2cccc(O)c2)cc1C.COC(=O)c1sc(C(=O)O)cc1C. The number of methoxy groups -OCH3 is 2. The highest BCUT2D eigenvalue weighted by molar-refractivity contribution is 7.16. The smallest absolute Gasteiger partial charge is 0.348 e. The van der Waals surface area contributed by atoms with Crippen LogP contribution in [0.25, 0.3) is 0 Å². The second kappa shape index (κ2) is 16.9. The molecule has 0 bridgehead atoms. The van der Waals surface area contributed by atoms with E-state index < -0.39 is 17.9 Å². The maximum atomic E-state index is 12.3. The summed E-state index contributed by atoms with van der Waals surface area (Å²) in [6.45, 7) is 7.15. The van der Waals surface area contributed by atoms with Crippen LogP contribution < -0.4 is 11.1 Å². The Balaban J connectivity index is 0.000000259. The van der Waals surface area contributed by atoms with Crippen molar-refractivity contribution in [2.24, 2.45) is 5.73 Å². The molecule has 4 rings (SSSR count). The Labute approximate surface area is 268 Å². The molecule has 0 saturated carbocycles. The van der Waals surface area contributed by atoms with Crippen LogP contribution >= 0.6 is 22.7 Å². The Morgan fingerprint density at radius 2 is 1.20 bits per heavy atom. The number of rotatable bonds is 7. The van der Waals surface area contributed by atoms with Crippen LogP contribution in [-0.2, 0) is 9.47 Å². The Morgan fingerprint density at radius 1 is 0.756 bits per heavy atom. The van der Waals surface area contributed by atoms with Crippen molar-refractivity contribution in [2.75, 3.05) is 14.2 Å². The summed E-state index contributed by atoms with van der Waals surface area (Å²) in [6.07, 6.45) is 0. The Morgan fingerprint density at radius 3 is 1.60 bits per heavy atom. The van der Waals surface area contributed by atoms with E-state index in [1.54, 1.807) is 56.3 Å². The summed E-state index contributed by atoms with van der Waals surface area (Å²) < 4.78 is 9.17. The van der Waals surface area contributed by atoms with E-state index in [2.05, 4.69) is 14.8 Å². The first-order chi connectivity index (χ1) is 21.2. The van der Waals surface area contributed by atoms with Gasteiger partial charge in [-0.3, -0.25) is 4.79 Å². The van der Waals surface area contributed by atoms with Crippen molar-refractivity contribution in [3.05, 3.63) is 102 Å². The molecular formula is C32H36N2O9S2. The zero-order valence-corrected chi connectivity index (χ0v) is 27.2. The third kappa shape index (κ3) is 10.7. The number of hydrogen-bond acceptors (Lipinski definition) is 11. The third-order valence-corrected chi connectivity index (χ3v) is 8.55. The highest BCUT2D eigenvalue weighted by Gasteiger charge is 2.20. The van der Waals surface area contributed by atoms with Gasteiger partial charge >= 0.3 is 17.9 Å².